The molecule has 1 atom stereocenters. The number of aromatic nitrogens is 2. The number of methoxy groups -OCH3 is 3. The molecule has 0 bridgehead atoms. The van der Waals surface area contributed by atoms with E-state index in [1.807, 2.05) is 44.2 Å². The molecule has 6 rings (SSSR count). The fourth-order valence-electron chi connectivity index (χ4n) is 5.66. The number of aryl methyl sites for hydroxylation is 2. The maximum Gasteiger partial charge on any atom is 0.301 e. The molecule has 9 nitrogen and oxygen atoms in total. The Hall–Kier alpha value is -4.87. The van der Waals surface area contributed by atoms with Gasteiger partial charge in [-0.25, -0.2) is 0 Å². The molecule has 0 radical (unpaired) electrons. The fraction of sp³-hybridized carbons (Fsp3) is 0.200. The highest BCUT2D eigenvalue weighted by atomic mass is 32.2. The van der Waals surface area contributed by atoms with Gasteiger partial charge in [-0.05, 0) is 59.5 Å². The van der Waals surface area contributed by atoms with E-state index in [0.717, 1.165) is 27.5 Å². The number of Topliss-reactive ketones (excluding diaryl/α,β-unsaturated/α-hetero) is 1. The third kappa shape index (κ3) is 5.56. The minimum absolute atomic E-state index is 0.0758. The summed E-state index contributed by atoms with van der Waals surface area (Å²) in [5.41, 5.74) is 3.63. The second-order valence-electron chi connectivity index (χ2n) is 10.7. The Morgan fingerprint density at radius 1 is 0.913 bits per heavy atom. The van der Waals surface area contributed by atoms with Gasteiger partial charge in [0.05, 0.1) is 32.9 Å². The van der Waals surface area contributed by atoms with Gasteiger partial charge in [0.1, 0.15) is 5.76 Å². The Balaban J connectivity index is 1.45. The van der Waals surface area contributed by atoms with Crippen molar-refractivity contribution in [3.05, 3.63) is 106 Å². The number of nitrogens with zero attached hydrogens (tertiary/aromatic N) is 3. The van der Waals surface area contributed by atoms with Crippen LogP contribution in [0.3, 0.4) is 0 Å². The first-order valence-corrected chi connectivity index (χ1v) is 16.2. The lowest BCUT2D eigenvalue weighted by Crippen LogP contribution is -2.29. The summed E-state index contributed by atoms with van der Waals surface area (Å²) in [7, 11) is 4.46. The molecular weight excluding hydrogens is 623 g/mol. The average molecular weight is 654 g/mol. The van der Waals surface area contributed by atoms with Gasteiger partial charge in [-0.3, -0.25) is 14.5 Å². The molecule has 1 aliphatic rings. The highest BCUT2D eigenvalue weighted by molar-refractivity contribution is 8.00. The van der Waals surface area contributed by atoms with E-state index in [1.54, 1.807) is 18.2 Å². The number of hydrogen-bond donors (Lipinski definition) is 1. The van der Waals surface area contributed by atoms with E-state index in [9.17, 15) is 14.7 Å². The van der Waals surface area contributed by atoms with E-state index in [0.29, 0.717) is 38.5 Å². The molecule has 1 fully saturated rings. The molecule has 0 saturated carbocycles. The number of ether oxygens (including phenoxy) is 3. The molecule has 2 heterocycles. The minimum Gasteiger partial charge on any atom is -0.507 e. The fourth-order valence-corrected chi connectivity index (χ4v) is 7.53. The third-order valence-corrected chi connectivity index (χ3v) is 10.0. The van der Waals surface area contributed by atoms with Crippen LogP contribution in [0.25, 0.3) is 16.5 Å². The van der Waals surface area contributed by atoms with Crippen molar-refractivity contribution < 1.29 is 28.9 Å². The lowest BCUT2D eigenvalue weighted by atomic mass is 9.93. The first-order valence-electron chi connectivity index (χ1n) is 14.4. The Morgan fingerprint density at radius 3 is 2.35 bits per heavy atom. The quantitative estimate of drug-likeness (QED) is 0.0578. The first-order chi connectivity index (χ1) is 22.2. The topological polar surface area (TPSA) is 111 Å². The number of thioether (sulfide) groups is 1. The Bertz CT molecular complexity index is 1990. The lowest BCUT2D eigenvalue weighted by molar-refractivity contribution is -0.132. The SMILES string of the molecule is COc1cc(C2/C(=C(\O)c3cc(C)ccc3C)C(=O)C(=O)N2c2nnc(SCc3cccc4ccccc34)s2)cc(OC)c1OC. The molecule has 46 heavy (non-hydrogen) atoms. The zero-order chi connectivity index (χ0) is 32.5. The Kier molecular flexibility index (Phi) is 8.70. The number of benzene rings is 4. The molecule has 1 unspecified atom stereocenters. The van der Waals surface area contributed by atoms with Crippen molar-refractivity contribution in [2.24, 2.45) is 0 Å². The van der Waals surface area contributed by atoms with Crippen LogP contribution in [-0.4, -0.2) is 48.3 Å². The van der Waals surface area contributed by atoms with Crippen LogP contribution in [0.2, 0.25) is 0 Å². The number of ketones is 1. The highest BCUT2D eigenvalue weighted by Crippen LogP contribution is 2.48. The number of carbonyl (C=O) groups excluding carboxylic acids is 2. The molecule has 1 N–H and O–H groups in total. The number of amides is 1. The van der Waals surface area contributed by atoms with Gasteiger partial charge in [0.2, 0.25) is 10.9 Å². The maximum absolute atomic E-state index is 13.8. The van der Waals surface area contributed by atoms with Crippen molar-refractivity contribution >= 4 is 56.5 Å². The van der Waals surface area contributed by atoms with Crippen LogP contribution >= 0.6 is 23.1 Å². The third-order valence-electron chi connectivity index (χ3n) is 7.93. The zero-order valence-electron chi connectivity index (χ0n) is 25.9. The summed E-state index contributed by atoms with van der Waals surface area (Å²) in [6.45, 7) is 3.73. The van der Waals surface area contributed by atoms with E-state index >= 15 is 0 Å². The van der Waals surface area contributed by atoms with Gasteiger partial charge in [0.25, 0.3) is 5.78 Å². The smallest absolute Gasteiger partial charge is 0.301 e. The van der Waals surface area contributed by atoms with Crippen molar-refractivity contribution in [1.82, 2.24) is 10.2 Å². The van der Waals surface area contributed by atoms with Crippen molar-refractivity contribution in [1.29, 1.82) is 0 Å². The maximum atomic E-state index is 13.8. The minimum atomic E-state index is -1.06. The Morgan fingerprint density at radius 2 is 1.63 bits per heavy atom. The average Bonchev–Trinajstić information content (AvgIpc) is 3.65. The van der Waals surface area contributed by atoms with Crippen LogP contribution in [0.1, 0.15) is 33.9 Å². The summed E-state index contributed by atoms with van der Waals surface area (Å²) in [5.74, 6) is -0.294. The number of hydrogen-bond acceptors (Lipinski definition) is 10. The molecular formula is C35H31N3O6S2. The zero-order valence-corrected chi connectivity index (χ0v) is 27.5. The molecule has 1 amide bonds. The summed E-state index contributed by atoms with van der Waals surface area (Å²) >= 11 is 2.70. The second kappa shape index (κ2) is 12.9. The van der Waals surface area contributed by atoms with Gasteiger partial charge >= 0.3 is 5.91 Å². The van der Waals surface area contributed by atoms with Gasteiger partial charge in [0, 0.05) is 11.3 Å². The molecule has 0 spiro atoms. The standard InChI is InChI=1S/C35H31N3O6S2/c1-19-13-14-20(2)25(15-19)30(39)28-29(23-16-26(42-3)32(44-5)27(17-23)43-4)38(33(41)31(28)40)34-36-37-35(46-34)45-18-22-11-8-10-21-9-6-7-12-24(21)22/h6-17,29,39H,18H2,1-5H3/b30-28+. The molecule has 0 aliphatic carbocycles. The van der Waals surface area contributed by atoms with Crippen molar-refractivity contribution in [2.75, 3.05) is 26.2 Å². The summed E-state index contributed by atoms with van der Waals surface area (Å²) in [5, 5.41) is 23.0. The summed E-state index contributed by atoms with van der Waals surface area (Å²) in [6, 6.07) is 22.2. The van der Waals surface area contributed by atoms with Gasteiger partial charge < -0.3 is 19.3 Å². The predicted octanol–water partition coefficient (Wildman–Crippen LogP) is 7.25. The monoisotopic (exact) mass is 653 g/mol. The molecule has 234 valence electrons. The van der Waals surface area contributed by atoms with Crippen molar-refractivity contribution in [2.45, 2.75) is 30.0 Å². The van der Waals surface area contributed by atoms with E-state index in [2.05, 4.69) is 34.5 Å². The van der Waals surface area contributed by atoms with Crippen LogP contribution in [0, 0.1) is 13.8 Å². The summed E-state index contributed by atoms with van der Waals surface area (Å²) in [6.07, 6.45) is 0. The van der Waals surface area contributed by atoms with Gasteiger partial charge in [-0.1, -0.05) is 83.3 Å². The predicted molar refractivity (Wildman–Crippen MR) is 180 cm³/mol. The lowest BCUT2D eigenvalue weighted by Gasteiger charge is -2.24. The van der Waals surface area contributed by atoms with Crippen LogP contribution in [-0.2, 0) is 15.3 Å². The van der Waals surface area contributed by atoms with Crippen LogP contribution in [0.4, 0.5) is 5.13 Å². The number of rotatable bonds is 9. The number of aliphatic hydroxyl groups excluding tert-OH is 1. The number of fused-ring (bicyclic) bond motifs is 1. The van der Waals surface area contributed by atoms with E-state index < -0.39 is 17.7 Å². The van der Waals surface area contributed by atoms with E-state index in [4.69, 9.17) is 14.2 Å². The van der Waals surface area contributed by atoms with E-state index in [-0.39, 0.29) is 16.5 Å². The summed E-state index contributed by atoms with van der Waals surface area (Å²) in [4.78, 5) is 28.9. The summed E-state index contributed by atoms with van der Waals surface area (Å²) < 4.78 is 17.3. The molecule has 1 aliphatic heterocycles. The van der Waals surface area contributed by atoms with Crippen molar-refractivity contribution in [3.63, 3.8) is 0 Å². The van der Waals surface area contributed by atoms with Crippen molar-refractivity contribution in [3.8, 4) is 17.2 Å². The molecule has 5 aromatic rings. The normalized spacial score (nSPS) is 15.8. The van der Waals surface area contributed by atoms with Crippen LogP contribution in [0.5, 0.6) is 17.2 Å². The number of carbonyl (C=O) groups is 2. The molecule has 1 saturated heterocycles. The van der Waals surface area contributed by atoms with Gasteiger partial charge in [-0.15, -0.1) is 10.2 Å². The molecule has 4 aromatic carbocycles. The van der Waals surface area contributed by atoms with Crippen LogP contribution < -0.4 is 19.1 Å². The largest absolute Gasteiger partial charge is 0.507 e. The number of aliphatic hydroxyl groups is 1. The second-order valence-corrected chi connectivity index (χ2v) is 12.9. The number of anilines is 1. The van der Waals surface area contributed by atoms with Gasteiger partial charge in [-0.2, -0.15) is 0 Å². The first kappa shape index (κ1) is 31.1. The van der Waals surface area contributed by atoms with E-state index in [1.165, 1.54) is 49.3 Å². The van der Waals surface area contributed by atoms with Crippen LogP contribution in [0.15, 0.2) is 82.7 Å². The van der Waals surface area contributed by atoms with Gasteiger partial charge in [0.15, 0.2) is 15.8 Å². The Labute approximate surface area is 274 Å². The highest BCUT2D eigenvalue weighted by Gasteiger charge is 2.49. The molecule has 1 aromatic heterocycles. The molecule has 11 heteroatoms.